The van der Waals surface area contributed by atoms with Gasteiger partial charge in [0.2, 0.25) is 5.91 Å². The van der Waals surface area contributed by atoms with Gasteiger partial charge < -0.3 is 11.1 Å². The van der Waals surface area contributed by atoms with Gasteiger partial charge in [-0.15, -0.1) is 0 Å². The van der Waals surface area contributed by atoms with Crippen LogP contribution in [0.3, 0.4) is 0 Å². The van der Waals surface area contributed by atoms with Crippen LogP contribution in [-0.2, 0) is 4.79 Å². The van der Waals surface area contributed by atoms with Crippen LogP contribution in [0.4, 0.5) is 13.2 Å². The number of carbonyl (C=O) groups is 1. The van der Waals surface area contributed by atoms with E-state index in [2.05, 4.69) is 11.1 Å². The van der Waals surface area contributed by atoms with Gasteiger partial charge in [-0.3, -0.25) is 4.79 Å². The lowest BCUT2D eigenvalue weighted by Gasteiger charge is -2.08. The van der Waals surface area contributed by atoms with Gasteiger partial charge in [0.1, 0.15) is 5.70 Å². The molecule has 0 saturated carbocycles. The maximum absolute atomic E-state index is 11.8. The average molecular weight is 196 g/mol. The monoisotopic (exact) mass is 196 g/mol. The molecule has 0 spiro atoms. The molecule has 6 heteroatoms. The molecule has 0 heterocycles. The third kappa shape index (κ3) is 5.10. The van der Waals surface area contributed by atoms with E-state index < -0.39 is 17.8 Å². The predicted molar refractivity (Wildman–Crippen MR) is 41.6 cm³/mol. The summed E-state index contributed by atoms with van der Waals surface area (Å²) in [5, 5.41) is 2.25. The lowest BCUT2D eigenvalue weighted by Crippen LogP contribution is -2.31. The van der Waals surface area contributed by atoms with Crippen LogP contribution in [0.25, 0.3) is 0 Å². The number of hydrogen-bond donors (Lipinski definition) is 2. The number of rotatable bonds is 2. The molecule has 0 aliphatic carbocycles. The number of nitrogens with two attached hydrogens (primary N) is 1. The van der Waals surface area contributed by atoms with E-state index in [0.29, 0.717) is 6.08 Å². The first kappa shape index (κ1) is 11.8. The van der Waals surface area contributed by atoms with Crippen molar-refractivity contribution in [2.75, 3.05) is 0 Å². The smallest absolute Gasteiger partial charge is 0.395 e. The second-order valence-corrected chi connectivity index (χ2v) is 2.76. The fraction of sp³-hybridized carbons (Fsp3) is 0.571. The van der Waals surface area contributed by atoms with Crippen LogP contribution in [0.15, 0.2) is 11.8 Å². The maximum Gasteiger partial charge on any atom is 0.430 e. The van der Waals surface area contributed by atoms with Gasteiger partial charge in [0.25, 0.3) is 0 Å². The molecule has 13 heavy (non-hydrogen) atoms. The minimum Gasteiger partial charge on any atom is -0.395 e. The van der Waals surface area contributed by atoms with Crippen molar-refractivity contribution in [1.82, 2.24) is 5.32 Å². The largest absolute Gasteiger partial charge is 0.430 e. The highest BCUT2D eigenvalue weighted by Crippen LogP contribution is 2.20. The molecule has 0 aliphatic heterocycles. The highest BCUT2D eigenvalue weighted by Gasteiger charge is 2.31. The van der Waals surface area contributed by atoms with Gasteiger partial charge in [-0.25, -0.2) is 0 Å². The molecular weight excluding hydrogens is 185 g/mol. The molecule has 0 unspecified atom stereocenters. The Morgan fingerprint density at radius 1 is 1.46 bits per heavy atom. The first-order valence-electron chi connectivity index (χ1n) is 3.58. The second kappa shape index (κ2) is 4.15. The highest BCUT2D eigenvalue weighted by atomic mass is 19.4. The summed E-state index contributed by atoms with van der Waals surface area (Å²) in [5.74, 6) is -0.843. The summed E-state index contributed by atoms with van der Waals surface area (Å²) in [6.07, 6.45) is -4.31. The van der Waals surface area contributed by atoms with Crippen LogP contribution < -0.4 is 11.1 Å². The maximum atomic E-state index is 11.8. The summed E-state index contributed by atoms with van der Waals surface area (Å²) in [4.78, 5) is 10.7. The molecule has 3 nitrogen and oxygen atoms in total. The fourth-order valence-electron chi connectivity index (χ4n) is 0.549. The minimum atomic E-state index is -4.64. The van der Waals surface area contributed by atoms with Crippen molar-refractivity contribution in [3.8, 4) is 0 Å². The van der Waals surface area contributed by atoms with Gasteiger partial charge in [0.05, 0.1) is 0 Å². The minimum absolute atomic E-state index is 0.218. The second-order valence-electron chi connectivity index (χ2n) is 2.76. The Morgan fingerprint density at radius 2 is 1.92 bits per heavy atom. The molecule has 0 saturated heterocycles. The first-order valence-corrected chi connectivity index (χ1v) is 3.58. The summed E-state index contributed by atoms with van der Waals surface area (Å²) in [5.41, 5.74) is 3.21. The Bertz CT molecular complexity index is 220. The van der Waals surface area contributed by atoms with Crippen LogP contribution >= 0.6 is 0 Å². The summed E-state index contributed by atoms with van der Waals surface area (Å²) in [6, 6.07) is -0.218. The molecule has 3 N–H and O–H groups in total. The molecule has 0 radical (unpaired) electrons. The van der Waals surface area contributed by atoms with Crippen LogP contribution in [0.5, 0.6) is 0 Å². The van der Waals surface area contributed by atoms with E-state index in [1.165, 1.54) is 0 Å². The zero-order valence-corrected chi connectivity index (χ0v) is 7.27. The third-order valence-corrected chi connectivity index (χ3v) is 1.04. The standard InChI is InChI=1S/C7H11F3N2O/c1-4(2)12-6(13)3-5(11)7(8,9)10/h3-4H,11H2,1-2H3,(H,12,13)/b5-3-. The Balaban J connectivity index is 4.32. The topological polar surface area (TPSA) is 55.1 Å². The van der Waals surface area contributed by atoms with Crippen LogP contribution in [-0.4, -0.2) is 18.1 Å². The van der Waals surface area contributed by atoms with Crippen molar-refractivity contribution < 1.29 is 18.0 Å². The number of hydrogen-bond acceptors (Lipinski definition) is 2. The molecule has 0 rings (SSSR count). The number of halogens is 3. The van der Waals surface area contributed by atoms with E-state index >= 15 is 0 Å². The van der Waals surface area contributed by atoms with E-state index in [9.17, 15) is 18.0 Å². The lowest BCUT2D eigenvalue weighted by molar-refractivity contribution is -0.118. The summed E-state index contributed by atoms with van der Waals surface area (Å²) in [6.45, 7) is 3.27. The van der Waals surface area contributed by atoms with Gasteiger partial charge in [-0.2, -0.15) is 13.2 Å². The third-order valence-electron chi connectivity index (χ3n) is 1.04. The molecule has 0 atom stereocenters. The van der Waals surface area contributed by atoms with E-state index in [-0.39, 0.29) is 6.04 Å². The molecular formula is C7H11F3N2O. The number of allylic oxidation sites excluding steroid dienone is 1. The van der Waals surface area contributed by atoms with Gasteiger partial charge >= 0.3 is 6.18 Å². The SMILES string of the molecule is CC(C)NC(=O)/C=C(\N)C(F)(F)F. The molecule has 0 aromatic heterocycles. The average Bonchev–Trinajstić information content (AvgIpc) is 1.82. The fourth-order valence-corrected chi connectivity index (χ4v) is 0.549. The van der Waals surface area contributed by atoms with Crippen LogP contribution in [0, 0.1) is 0 Å². The van der Waals surface area contributed by atoms with Gasteiger partial charge in [0, 0.05) is 12.1 Å². The Morgan fingerprint density at radius 3 is 2.23 bits per heavy atom. The summed E-state index contributed by atoms with van der Waals surface area (Å²) < 4.78 is 35.3. The normalized spacial score (nSPS) is 13.2. The summed E-state index contributed by atoms with van der Waals surface area (Å²) >= 11 is 0. The number of nitrogens with one attached hydrogen (secondary N) is 1. The predicted octanol–water partition coefficient (Wildman–Crippen LogP) is 0.916. The molecule has 1 amide bonds. The lowest BCUT2D eigenvalue weighted by atomic mass is 10.3. The van der Waals surface area contributed by atoms with Gasteiger partial charge in [-0.05, 0) is 13.8 Å². The molecule has 0 aromatic carbocycles. The van der Waals surface area contributed by atoms with Crippen molar-refractivity contribution in [2.45, 2.75) is 26.1 Å². The number of alkyl halides is 3. The highest BCUT2D eigenvalue weighted by molar-refractivity contribution is 5.88. The quantitative estimate of drug-likeness (QED) is 0.645. The summed E-state index contributed by atoms with van der Waals surface area (Å²) in [7, 11) is 0. The van der Waals surface area contributed by atoms with Crippen molar-refractivity contribution in [1.29, 1.82) is 0 Å². The molecule has 76 valence electrons. The van der Waals surface area contributed by atoms with E-state index in [1.807, 2.05) is 0 Å². The Labute approximate surface area is 73.8 Å². The Hall–Kier alpha value is -1.20. The van der Waals surface area contributed by atoms with Gasteiger partial charge in [0.15, 0.2) is 0 Å². The zero-order chi connectivity index (χ0) is 10.6. The Kier molecular flexibility index (Phi) is 3.77. The van der Waals surface area contributed by atoms with E-state index in [4.69, 9.17) is 0 Å². The van der Waals surface area contributed by atoms with Crippen molar-refractivity contribution in [3.05, 3.63) is 11.8 Å². The molecule has 0 aliphatic rings. The van der Waals surface area contributed by atoms with Crippen molar-refractivity contribution in [3.63, 3.8) is 0 Å². The number of amides is 1. The molecule has 0 bridgehead atoms. The van der Waals surface area contributed by atoms with Crippen molar-refractivity contribution >= 4 is 5.91 Å². The number of carbonyl (C=O) groups excluding carboxylic acids is 1. The van der Waals surface area contributed by atoms with Crippen LogP contribution in [0.2, 0.25) is 0 Å². The van der Waals surface area contributed by atoms with Crippen molar-refractivity contribution in [2.24, 2.45) is 5.73 Å². The van der Waals surface area contributed by atoms with E-state index in [1.54, 1.807) is 13.8 Å². The first-order chi connectivity index (χ1) is 5.73. The zero-order valence-electron chi connectivity index (χ0n) is 7.27. The van der Waals surface area contributed by atoms with E-state index in [0.717, 1.165) is 0 Å². The molecule has 0 fully saturated rings. The molecule has 0 aromatic rings. The van der Waals surface area contributed by atoms with Crippen LogP contribution in [0.1, 0.15) is 13.8 Å². The van der Waals surface area contributed by atoms with Gasteiger partial charge in [-0.1, -0.05) is 0 Å².